The van der Waals surface area contributed by atoms with E-state index in [0.717, 1.165) is 41.4 Å². The molecule has 0 saturated heterocycles. The van der Waals surface area contributed by atoms with E-state index in [4.69, 9.17) is 15.3 Å². The average Bonchev–Trinajstić information content (AvgIpc) is 2.53. The molecule has 4 aliphatic rings. The first-order valence-electron chi connectivity index (χ1n) is 9.32. The van der Waals surface area contributed by atoms with Crippen molar-refractivity contribution in [2.45, 2.75) is 45.4 Å². The standard InChI is InChI=1S/C20H28N2O2/c1-2-23-19-8-14(12-22-21)3-4-18(19)24-13-20-9-15-5-16(10-20)7-17(6-15)11-20/h3-4,8,12,15-17H,2,5-7,9-11,13,21H2,1H3/b22-12-. The number of hydrogen-bond acceptors (Lipinski definition) is 4. The summed E-state index contributed by atoms with van der Waals surface area (Å²) in [5.74, 6) is 9.75. The van der Waals surface area contributed by atoms with Gasteiger partial charge in [-0.3, -0.25) is 0 Å². The van der Waals surface area contributed by atoms with Crippen molar-refractivity contribution < 1.29 is 9.47 Å². The van der Waals surface area contributed by atoms with Crippen molar-refractivity contribution in [1.29, 1.82) is 0 Å². The summed E-state index contributed by atoms with van der Waals surface area (Å²) in [6.07, 6.45) is 10.1. The van der Waals surface area contributed by atoms with Crippen LogP contribution in [0.2, 0.25) is 0 Å². The molecule has 2 N–H and O–H groups in total. The Hall–Kier alpha value is -1.71. The first kappa shape index (κ1) is 15.8. The summed E-state index contributed by atoms with van der Waals surface area (Å²) in [4.78, 5) is 0. The second kappa shape index (κ2) is 6.30. The Morgan fingerprint density at radius 2 is 1.75 bits per heavy atom. The van der Waals surface area contributed by atoms with Crippen LogP contribution >= 0.6 is 0 Å². The van der Waals surface area contributed by atoms with E-state index in [0.29, 0.717) is 12.0 Å². The van der Waals surface area contributed by atoms with Gasteiger partial charge in [-0.05, 0) is 87.0 Å². The highest BCUT2D eigenvalue weighted by molar-refractivity contribution is 5.80. The first-order valence-corrected chi connectivity index (χ1v) is 9.32. The van der Waals surface area contributed by atoms with Crippen molar-refractivity contribution in [1.82, 2.24) is 0 Å². The highest BCUT2D eigenvalue weighted by atomic mass is 16.5. The highest BCUT2D eigenvalue weighted by Crippen LogP contribution is 2.60. The zero-order chi connectivity index (χ0) is 16.6. The summed E-state index contributed by atoms with van der Waals surface area (Å²) in [5.41, 5.74) is 1.35. The smallest absolute Gasteiger partial charge is 0.161 e. The second-order valence-electron chi connectivity index (χ2n) is 8.12. The van der Waals surface area contributed by atoms with E-state index >= 15 is 0 Å². The molecule has 4 heteroatoms. The summed E-state index contributed by atoms with van der Waals surface area (Å²) in [6, 6.07) is 5.92. The fraction of sp³-hybridized carbons (Fsp3) is 0.650. The minimum atomic E-state index is 0.412. The molecule has 0 amide bonds. The molecule has 4 bridgehead atoms. The molecule has 0 radical (unpaired) electrons. The van der Waals surface area contributed by atoms with E-state index in [-0.39, 0.29) is 0 Å². The van der Waals surface area contributed by atoms with E-state index in [1.807, 2.05) is 25.1 Å². The Balaban J connectivity index is 1.49. The molecule has 130 valence electrons. The van der Waals surface area contributed by atoms with Gasteiger partial charge in [0.25, 0.3) is 0 Å². The molecule has 0 unspecified atom stereocenters. The van der Waals surface area contributed by atoms with E-state index in [9.17, 15) is 0 Å². The molecule has 1 aromatic rings. The molecular weight excluding hydrogens is 300 g/mol. The largest absolute Gasteiger partial charge is 0.490 e. The van der Waals surface area contributed by atoms with E-state index < -0.39 is 0 Å². The van der Waals surface area contributed by atoms with Gasteiger partial charge < -0.3 is 15.3 Å². The lowest BCUT2D eigenvalue weighted by Crippen LogP contribution is -2.48. The van der Waals surface area contributed by atoms with Crippen molar-refractivity contribution in [3.05, 3.63) is 23.8 Å². The average molecular weight is 328 g/mol. The minimum Gasteiger partial charge on any atom is -0.490 e. The lowest BCUT2D eigenvalue weighted by Gasteiger charge is -2.56. The Morgan fingerprint density at radius 3 is 2.33 bits per heavy atom. The molecule has 0 aromatic heterocycles. The first-order chi connectivity index (χ1) is 11.7. The maximum absolute atomic E-state index is 6.31. The van der Waals surface area contributed by atoms with Crippen LogP contribution < -0.4 is 15.3 Å². The number of nitrogens with zero attached hydrogens (tertiary/aromatic N) is 1. The molecule has 4 aliphatic carbocycles. The van der Waals surface area contributed by atoms with Crippen LogP contribution in [0.15, 0.2) is 23.3 Å². The Bertz CT molecular complexity index is 591. The molecule has 0 heterocycles. The minimum absolute atomic E-state index is 0.412. The number of ether oxygens (including phenoxy) is 2. The number of benzene rings is 1. The van der Waals surface area contributed by atoms with Gasteiger partial charge in [0, 0.05) is 5.41 Å². The van der Waals surface area contributed by atoms with Gasteiger partial charge in [-0.1, -0.05) is 0 Å². The van der Waals surface area contributed by atoms with Crippen LogP contribution in [0.1, 0.15) is 51.0 Å². The predicted molar refractivity (Wildman–Crippen MR) is 95.5 cm³/mol. The van der Waals surface area contributed by atoms with E-state index in [1.165, 1.54) is 38.5 Å². The maximum atomic E-state index is 6.31. The molecule has 0 atom stereocenters. The van der Waals surface area contributed by atoms with Crippen LogP contribution in [0.3, 0.4) is 0 Å². The van der Waals surface area contributed by atoms with Gasteiger partial charge in [-0.25, -0.2) is 0 Å². The van der Waals surface area contributed by atoms with E-state index in [1.54, 1.807) is 6.21 Å². The molecule has 4 nitrogen and oxygen atoms in total. The van der Waals surface area contributed by atoms with Gasteiger partial charge in [-0.15, -0.1) is 0 Å². The third kappa shape index (κ3) is 2.99. The van der Waals surface area contributed by atoms with Gasteiger partial charge in [0.2, 0.25) is 0 Å². The van der Waals surface area contributed by atoms with Crippen LogP contribution in [0.4, 0.5) is 0 Å². The molecule has 0 spiro atoms. The van der Waals surface area contributed by atoms with Gasteiger partial charge in [0.1, 0.15) is 0 Å². The van der Waals surface area contributed by atoms with Crippen molar-refractivity contribution in [3.63, 3.8) is 0 Å². The number of nitrogens with two attached hydrogens (primary N) is 1. The van der Waals surface area contributed by atoms with Gasteiger partial charge >= 0.3 is 0 Å². The zero-order valence-electron chi connectivity index (χ0n) is 14.5. The molecule has 24 heavy (non-hydrogen) atoms. The molecular formula is C20H28N2O2. The Kier molecular flexibility index (Phi) is 4.15. The summed E-state index contributed by atoms with van der Waals surface area (Å²) in [6.45, 7) is 3.45. The molecule has 1 aromatic carbocycles. The second-order valence-corrected chi connectivity index (χ2v) is 8.12. The molecule has 4 fully saturated rings. The fourth-order valence-corrected chi connectivity index (χ4v) is 5.78. The molecule has 4 saturated carbocycles. The third-order valence-electron chi connectivity index (χ3n) is 6.19. The predicted octanol–water partition coefficient (Wildman–Crippen LogP) is 3.97. The monoisotopic (exact) mass is 328 g/mol. The SMILES string of the molecule is CCOc1cc(/C=N\N)ccc1OCC12CC3CC(CC(C3)C1)C2. The van der Waals surface area contributed by atoms with Crippen LogP contribution in [-0.4, -0.2) is 19.4 Å². The van der Waals surface area contributed by atoms with Crippen LogP contribution in [0.5, 0.6) is 11.5 Å². The quantitative estimate of drug-likeness (QED) is 0.488. The molecule has 5 rings (SSSR count). The topological polar surface area (TPSA) is 56.8 Å². The number of hydrazone groups is 1. The van der Waals surface area contributed by atoms with Crippen LogP contribution in [0.25, 0.3) is 0 Å². The number of rotatable bonds is 6. The summed E-state index contributed by atoms with van der Waals surface area (Å²) in [7, 11) is 0. The van der Waals surface area contributed by atoms with Crippen LogP contribution in [-0.2, 0) is 0 Å². The van der Waals surface area contributed by atoms with Crippen molar-refractivity contribution >= 4 is 6.21 Å². The van der Waals surface area contributed by atoms with Crippen LogP contribution in [0, 0.1) is 23.2 Å². The zero-order valence-corrected chi connectivity index (χ0v) is 14.5. The lowest BCUT2D eigenvalue weighted by atomic mass is 9.50. The van der Waals surface area contributed by atoms with Gasteiger partial charge in [0.15, 0.2) is 11.5 Å². The summed E-state index contributed by atoms with van der Waals surface area (Å²) < 4.78 is 12.1. The summed E-state index contributed by atoms with van der Waals surface area (Å²) in [5, 5.41) is 3.59. The third-order valence-corrected chi connectivity index (χ3v) is 6.19. The van der Waals surface area contributed by atoms with Crippen molar-refractivity contribution in [3.8, 4) is 11.5 Å². The van der Waals surface area contributed by atoms with E-state index in [2.05, 4.69) is 5.10 Å². The Morgan fingerprint density at radius 1 is 1.08 bits per heavy atom. The normalized spacial score (nSPS) is 34.0. The highest BCUT2D eigenvalue weighted by Gasteiger charge is 2.51. The van der Waals surface area contributed by atoms with Gasteiger partial charge in [0.05, 0.1) is 19.4 Å². The maximum Gasteiger partial charge on any atom is 0.161 e. The van der Waals surface area contributed by atoms with Gasteiger partial charge in [-0.2, -0.15) is 5.10 Å². The fourth-order valence-electron chi connectivity index (χ4n) is 5.78. The Labute approximate surface area is 144 Å². The molecule has 0 aliphatic heterocycles. The number of hydrogen-bond donors (Lipinski definition) is 1. The van der Waals surface area contributed by atoms with Crippen molar-refractivity contribution in [2.75, 3.05) is 13.2 Å². The lowest BCUT2D eigenvalue weighted by molar-refractivity contribution is -0.0748. The van der Waals surface area contributed by atoms with Crippen molar-refractivity contribution in [2.24, 2.45) is 34.1 Å². The summed E-state index contributed by atoms with van der Waals surface area (Å²) >= 11 is 0.